The molecule has 0 saturated heterocycles. The number of aryl methyl sites for hydroxylation is 1. The first-order valence-electron chi connectivity index (χ1n) is 10.2. The third-order valence-corrected chi connectivity index (χ3v) is 4.52. The van der Waals surface area contributed by atoms with Gasteiger partial charge in [-0.1, -0.05) is 13.8 Å². The summed E-state index contributed by atoms with van der Waals surface area (Å²) < 4.78 is 18.3. The van der Waals surface area contributed by atoms with Crippen LogP contribution < -0.4 is 9.47 Å². The third-order valence-electron chi connectivity index (χ3n) is 4.52. The summed E-state index contributed by atoms with van der Waals surface area (Å²) in [6.45, 7) is 12.0. The predicted octanol–water partition coefficient (Wildman–Crippen LogP) is 4.69. The van der Waals surface area contributed by atoms with Gasteiger partial charge in [-0.15, -0.1) is 0 Å². The lowest BCUT2D eigenvalue weighted by molar-refractivity contribution is -0.139. The van der Waals surface area contributed by atoms with E-state index in [4.69, 9.17) is 14.2 Å². The predicted molar refractivity (Wildman–Crippen MR) is 116 cm³/mol. The van der Waals surface area contributed by atoms with E-state index in [1.807, 2.05) is 45.0 Å². The quantitative estimate of drug-likeness (QED) is 0.246. The molecule has 160 valence electrons. The molecule has 0 atom stereocenters. The van der Waals surface area contributed by atoms with E-state index < -0.39 is 5.97 Å². The molecule has 6 heteroatoms. The number of nitrogens with zero attached hydrogens (tertiary/aromatic N) is 2. The average Bonchev–Trinajstić information content (AvgIpc) is 2.97. The van der Waals surface area contributed by atoms with Gasteiger partial charge >= 0.3 is 5.97 Å². The molecular formula is C24H30N2O4. The molecule has 2 aromatic rings. The smallest absolute Gasteiger partial charge is 0.349 e. The van der Waals surface area contributed by atoms with Crippen LogP contribution in [0.5, 0.6) is 11.5 Å². The molecule has 1 aromatic carbocycles. The standard InChI is InChI=1S/C24H30N2O4/c1-6-28-22-7-9-23(10-8-22)29-11-12-30-24(27)21(15-25)14-20-13-18(4)26(19(20)5)16-17(2)3/h7-10,13-14,17H,6,11-12,16H2,1-5H3/b21-14+. The lowest BCUT2D eigenvalue weighted by Gasteiger charge is -2.12. The fourth-order valence-corrected chi connectivity index (χ4v) is 3.08. The van der Waals surface area contributed by atoms with Crippen LogP contribution in [-0.4, -0.2) is 30.4 Å². The Morgan fingerprint density at radius 2 is 1.77 bits per heavy atom. The number of hydrogen-bond acceptors (Lipinski definition) is 5. The molecule has 0 bridgehead atoms. The molecule has 0 aliphatic heterocycles. The topological polar surface area (TPSA) is 73.5 Å². The summed E-state index contributed by atoms with van der Waals surface area (Å²) in [4.78, 5) is 12.3. The summed E-state index contributed by atoms with van der Waals surface area (Å²) in [6, 6.07) is 11.1. The monoisotopic (exact) mass is 410 g/mol. The van der Waals surface area contributed by atoms with Crippen molar-refractivity contribution >= 4 is 12.0 Å². The van der Waals surface area contributed by atoms with Crippen molar-refractivity contribution in [2.24, 2.45) is 5.92 Å². The molecule has 6 nitrogen and oxygen atoms in total. The van der Waals surface area contributed by atoms with Crippen LogP contribution in [0.25, 0.3) is 6.08 Å². The van der Waals surface area contributed by atoms with Crippen LogP contribution in [-0.2, 0) is 16.1 Å². The Bertz CT molecular complexity index is 918. The summed E-state index contributed by atoms with van der Waals surface area (Å²) in [5, 5.41) is 9.41. The molecule has 0 unspecified atom stereocenters. The Balaban J connectivity index is 1.93. The van der Waals surface area contributed by atoms with Crippen LogP contribution in [0.15, 0.2) is 35.9 Å². The molecule has 0 fully saturated rings. The molecular weight excluding hydrogens is 380 g/mol. The number of carbonyl (C=O) groups excluding carboxylic acids is 1. The highest BCUT2D eigenvalue weighted by molar-refractivity contribution is 5.98. The summed E-state index contributed by atoms with van der Waals surface area (Å²) in [5.74, 6) is 1.28. The molecule has 0 saturated carbocycles. The van der Waals surface area contributed by atoms with E-state index >= 15 is 0 Å². The maximum atomic E-state index is 12.3. The van der Waals surface area contributed by atoms with Crippen molar-refractivity contribution in [3.8, 4) is 17.6 Å². The number of hydrogen-bond donors (Lipinski definition) is 0. The Labute approximate surface area is 178 Å². The lowest BCUT2D eigenvalue weighted by Crippen LogP contribution is -2.13. The zero-order valence-electron chi connectivity index (χ0n) is 18.4. The summed E-state index contributed by atoms with van der Waals surface area (Å²) in [5.41, 5.74) is 2.95. The Kier molecular flexibility index (Phi) is 8.54. The Morgan fingerprint density at radius 3 is 2.33 bits per heavy atom. The third kappa shape index (κ3) is 6.41. The van der Waals surface area contributed by atoms with E-state index in [0.29, 0.717) is 18.3 Å². The first-order valence-corrected chi connectivity index (χ1v) is 10.2. The molecule has 0 amide bonds. The highest BCUT2D eigenvalue weighted by Crippen LogP contribution is 2.20. The number of aromatic nitrogens is 1. The van der Waals surface area contributed by atoms with Gasteiger partial charge in [0.15, 0.2) is 0 Å². The second kappa shape index (κ2) is 11.1. The minimum Gasteiger partial charge on any atom is -0.494 e. The van der Waals surface area contributed by atoms with Crippen LogP contribution in [0.1, 0.15) is 37.7 Å². The SMILES string of the molecule is CCOc1ccc(OCCOC(=O)/C(C#N)=C/c2cc(C)n(CC(C)C)c2C)cc1. The van der Waals surface area contributed by atoms with Crippen LogP contribution in [0.3, 0.4) is 0 Å². The first kappa shape index (κ1) is 23.1. The zero-order chi connectivity index (χ0) is 22.1. The summed E-state index contributed by atoms with van der Waals surface area (Å²) in [6.07, 6.45) is 1.59. The van der Waals surface area contributed by atoms with E-state index in [-0.39, 0.29) is 18.8 Å². The minimum atomic E-state index is -0.651. The molecule has 0 aliphatic carbocycles. The normalized spacial score (nSPS) is 11.3. The second-order valence-electron chi connectivity index (χ2n) is 7.39. The van der Waals surface area contributed by atoms with Gasteiger partial charge in [-0.05, 0) is 68.7 Å². The largest absolute Gasteiger partial charge is 0.494 e. The van der Waals surface area contributed by atoms with Crippen LogP contribution in [0, 0.1) is 31.1 Å². The molecule has 0 aliphatic rings. The minimum absolute atomic E-state index is 0.0270. The molecule has 1 aromatic heterocycles. The van der Waals surface area contributed by atoms with Gasteiger partial charge in [0.2, 0.25) is 0 Å². The van der Waals surface area contributed by atoms with Crippen molar-refractivity contribution in [3.05, 3.63) is 52.9 Å². The van der Waals surface area contributed by atoms with E-state index in [0.717, 1.165) is 29.2 Å². The van der Waals surface area contributed by atoms with Gasteiger partial charge in [-0.25, -0.2) is 4.79 Å². The van der Waals surface area contributed by atoms with Gasteiger partial charge < -0.3 is 18.8 Å². The van der Waals surface area contributed by atoms with Crippen molar-refractivity contribution in [3.63, 3.8) is 0 Å². The molecule has 0 N–H and O–H groups in total. The summed E-state index contributed by atoms with van der Waals surface area (Å²) >= 11 is 0. The lowest BCUT2D eigenvalue weighted by atomic mass is 10.1. The maximum Gasteiger partial charge on any atom is 0.349 e. The van der Waals surface area contributed by atoms with E-state index in [2.05, 4.69) is 18.4 Å². The number of carbonyl (C=O) groups is 1. The second-order valence-corrected chi connectivity index (χ2v) is 7.39. The molecule has 0 radical (unpaired) electrons. The van der Waals surface area contributed by atoms with Crippen LogP contribution in [0.2, 0.25) is 0 Å². The number of nitriles is 1. The van der Waals surface area contributed by atoms with E-state index in [1.165, 1.54) is 0 Å². The van der Waals surface area contributed by atoms with Crippen molar-refractivity contribution in [2.75, 3.05) is 19.8 Å². The molecule has 1 heterocycles. The fourth-order valence-electron chi connectivity index (χ4n) is 3.08. The highest BCUT2D eigenvalue weighted by Gasteiger charge is 2.14. The maximum absolute atomic E-state index is 12.3. The summed E-state index contributed by atoms with van der Waals surface area (Å²) in [7, 11) is 0. The fraction of sp³-hybridized carbons (Fsp3) is 0.417. The number of esters is 1. The molecule has 30 heavy (non-hydrogen) atoms. The van der Waals surface area contributed by atoms with Gasteiger partial charge in [0.05, 0.1) is 6.61 Å². The van der Waals surface area contributed by atoms with Gasteiger partial charge in [0.25, 0.3) is 0 Å². The Hall–Kier alpha value is -3.20. The average molecular weight is 411 g/mol. The van der Waals surface area contributed by atoms with Crippen LogP contribution in [0.4, 0.5) is 0 Å². The van der Waals surface area contributed by atoms with E-state index in [9.17, 15) is 10.1 Å². The van der Waals surface area contributed by atoms with Crippen molar-refractivity contribution < 1.29 is 19.0 Å². The van der Waals surface area contributed by atoms with Gasteiger partial charge in [0, 0.05) is 17.9 Å². The zero-order valence-corrected chi connectivity index (χ0v) is 18.4. The highest BCUT2D eigenvalue weighted by atomic mass is 16.6. The molecule has 0 spiro atoms. The molecule has 2 rings (SSSR count). The van der Waals surface area contributed by atoms with Gasteiger partial charge in [-0.3, -0.25) is 0 Å². The number of rotatable bonds is 10. The van der Waals surface area contributed by atoms with Crippen molar-refractivity contribution in [1.29, 1.82) is 5.26 Å². The number of benzene rings is 1. The first-order chi connectivity index (χ1) is 14.3. The van der Waals surface area contributed by atoms with Gasteiger partial charge in [-0.2, -0.15) is 5.26 Å². The van der Waals surface area contributed by atoms with Crippen molar-refractivity contribution in [1.82, 2.24) is 4.57 Å². The van der Waals surface area contributed by atoms with E-state index in [1.54, 1.807) is 18.2 Å². The number of ether oxygens (including phenoxy) is 3. The van der Waals surface area contributed by atoms with Gasteiger partial charge in [0.1, 0.15) is 36.4 Å². The van der Waals surface area contributed by atoms with Crippen LogP contribution >= 0.6 is 0 Å². The Morgan fingerprint density at radius 1 is 1.13 bits per heavy atom. The van der Waals surface area contributed by atoms with Crippen molar-refractivity contribution in [2.45, 2.75) is 41.2 Å².